The molecule has 0 radical (unpaired) electrons. The molecule has 0 aromatic heterocycles. The van der Waals surface area contributed by atoms with Crippen molar-refractivity contribution in [3.05, 3.63) is 95.6 Å². The van der Waals surface area contributed by atoms with Crippen molar-refractivity contribution in [3.63, 3.8) is 0 Å². The minimum absolute atomic E-state index is 0.127. The lowest BCUT2D eigenvalue weighted by molar-refractivity contribution is 0.0977. The quantitative estimate of drug-likeness (QED) is 0.476. The first-order valence-corrected chi connectivity index (χ1v) is 11.6. The average Bonchev–Trinajstić information content (AvgIpc) is 2.75. The molecule has 0 aliphatic carbocycles. The first-order valence-electron chi connectivity index (χ1n) is 9.66. The molecule has 1 amide bonds. The zero-order valence-electron chi connectivity index (χ0n) is 17.0. The number of hydrogen-bond donors (Lipinski definition) is 3. The molecule has 31 heavy (non-hydrogen) atoms. The number of rotatable bonds is 7. The fraction of sp³-hybridized carbons (Fsp3) is 0.130. The van der Waals surface area contributed by atoms with Crippen LogP contribution in [0.2, 0.25) is 0 Å². The highest BCUT2D eigenvalue weighted by Crippen LogP contribution is 2.14. The highest BCUT2D eigenvalue weighted by Gasteiger charge is 2.14. The summed E-state index contributed by atoms with van der Waals surface area (Å²) in [5.41, 5.74) is 3.18. The maximum atomic E-state index is 12.5. The summed E-state index contributed by atoms with van der Waals surface area (Å²) < 4.78 is 27.5. The molecule has 6 nitrogen and oxygen atoms in total. The van der Waals surface area contributed by atoms with Crippen LogP contribution >= 0.6 is 12.2 Å². The van der Waals surface area contributed by atoms with E-state index in [9.17, 15) is 13.2 Å². The van der Waals surface area contributed by atoms with Gasteiger partial charge < -0.3 is 5.32 Å². The summed E-state index contributed by atoms with van der Waals surface area (Å²) in [6.45, 7) is 2.25. The average molecular weight is 454 g/mol. The van der Waals surface area contributed by atoms with Crippen LogP contribution in [0.1, 0.15) is 21.5 Å². The van der Waals surface area contributed by atoms with Gasteiger partial charge in [-0.05, 0) is 67.5 Å². The monoisotopic (exact) mass is 453 g/mol. The Morgan fingerprint density at radius 1 is 0.903 bits per heavy atom. The van der Waals surface area contributed by atoms with Crippen LogP contribution in [0.4, 0.5) is 5.69 Å². The molecular weight excluding hydrogens is 430 g/mol. The van der Waals surface area contributed by atoms with Gasteiger partial charge in [0.15, 0.2) is 5.11 Å². The van der Waals surface area contributed by atoms with Crippen molar-refractivity contribution < 1.29 is 13.2 Å². The minimum atomic E-state index is -3.61. The second-order valence-electron chi connectivity index (χ2n) is 6.93. The molecule has 3 rings (SSSR count). The molecule has 0 bridgehead atoms. The lowest BCUT2D eigenvalue weighted by Gasteiger charge is -2.11. The van der Waals surface area contributed by atoms with Crippen molar-refractivity contribution in [2.45, 2.75) is 18.2 Å². The van der Waals surface area contributed by atoms with Gasteiger partial charge in [-0.1, -0.05) is 48.0 Å². The molecule has 0 unspecified atom stereocenters. The number of aryl methyl sites for hydroxylation is 1. The van der Waals surface area contributed by atoms with Crippen LogP contribution in [0.3, 0.4) is 0 Å². The zero-order chi connectivity index (χ0) is 22.3. The van der Waals surface area contributed by atoms with Crippen molar-refractivity contribution in [1.82, 2.24) is 10.0 Å². The number of thiocarbonyl (C=S) groups is 1. The molecule has 0 aliphatic rings. The number of nitrogens with one attached hydrogen (secondary N) is 3. The van der Waals surface area contributed by atoms with E-state index in [-0.39, 0.29) is 15.9 Å². The lowest BCUT2D eigenvalue weighted by atomic mass is 10.1. The Bertz CT molecular complexity index is 1140. The predicted octanol–water partition coefficient (Wildman–Crippen LogP) is 3.64. The topological polar surface area (TPSA) is 87.3 Å². The van der Waals surface area contributed by atoms with E-state index in [0.29, 0.717) is 24.2 Å². The Hall–Kier alpha value is -3.07. The molecule has 3 N–H and O–H groups in total. The van der Waals surface area contributed by atoms with Crippen molar-refractivity contribution in [2.24, 2.45) is 0 Å². The summed E-state index contributed by atoms with van der Waals surface area (Å²) >= 11 is 5.17. The van der Waals surface area contributed by atoms with Crippen LogP contribution < -0.4 is 15.4 Å². The summed E-state index contributed by atoms with van der Waals surface area (Å²) in [4.78, 5) is 12.4. The van der Waals surface area contributed by atoms with Crippen molar-refractivity contribution in [1.29, 1.82) is 0 Å². The Morgan fingerprint density at radius 3 is 2.19 bits per heavy atom. The second kappa shape index (κ2) is 10.3. The maximum Gasteiger partial charge on any atom is 0.257 e. The van der Waals surface area contributed by atoms with Gasteiger partial charge in [0, 0.05) is 17.8 Å². The Labute approximate surface area is 187 Å². The molecule has 0 heterocycles. The van der Waals surface area contributed by atoms with Gasteiger partial charge in [-0.25, -0.2) is 13.1 Å². The fourth-order valence-corrected chi connectivity index (χ4v) is 4.06. The van der Waals surface area contributed by atoms with Crippen molar-refractivity contribution >= 4 is 38.9 Å². The van der Waals surface area contributed by atoms with Crippen molar-refractivity contribution in [2.75, 3.05) is 11.9 Å². The van der Waals surface area contributed by atoms with Crippen LogP contribution in [-0.2, 0) is 16.4 Å². The summed E-state index contributed by atoms with van der Waals surface area (Å²) in [5.74, 6) is -0.320. The van der Waals surface area contributed by atoms with Gasteiger partial charge in [-0.3, -0.25) is 10.1 Å². The molecule has 0 fully saturated rings. The second-order valence-corrected chi connectivity index (χ2v) is 9.11. The first-order chi connectivity index (χ1) is 14.8. The minimum Gasteiger partial charge on any atom is -0.332 e. The smallest absolute Gasteiger partial charge is 0.257 e. The van der Waals surface area contributed by atoms with E-state index < -0.39 is 10.0 Å². The van der Waals surface area contributed by atoms with Crippen LogP contribution in [0.25, 0.3) is 0 Å². The third-order valence-corrected chi connectivity index (χ3v) is 6.19. The first kappa shape index (κ1) is 22.6. The standard InChI is InChI=1S/C23H23N3O3S2/c1-17-7-9-19(10-8-17)22(27)26-23(30)25-20-11-13-21(14-12-20)31(28,29)24-16-15-18-5-3-2-4-6-18/h2-14,24H,15-16H2,1H3,(H2,25,26,27,30). The molecule has 0 saturated carbocycles. The van der Waals surface area contributed by atoms with Gasteiger partial charge in [0.2, 0.25) is 10.0 Å². The summed E-state index contributed by atoms with van der Waals surface area (Å²) in [6, 6.07) is 23.0. The predicted molar refractivity (Wildman–Crippen MR) is 127 cm³/mol. The normalized spacial score (nSPS) is 11.0. The molecular formula is C23H23N3O3S2. The number of carbonyl (C=O) groups excluding carboxylic acids is 1. The number of sulfonamides is 1. The molecule has 0 spiro atoms. The number of anilines is 1. The molecule has 0 aliphatic heterocycles. The van der Waals surface area contributed by atoms with Gasteiger partial charge in [0.05, 0.1) is 4.90 Å². The number of hydrogen-bond acceptors (Lipinski definition) is 4. The molecule has 3 aromatic carbocycles. The number of amides is 1. The lowest BCUT2D eigenvalue weighted by Crippen LogP contribution is -2.34. The van der Waals surface area contributed by atoms with Gasteiger partial charge in [-0.15, -0.1) is 0 Å². The van der Waals surface area contributed by atoms with Crippen LogP contribution in [-0.4, -0.2) is 26.0 Å². The summed E-state index contributed by atoms with van der Waals surface area (Å²) in [6.07, 6.45) is 0.606. The van der Waals surface area contributed by atoms with E-state index in [0.717, 1.165) is 11.1 Å². The van der Waals surface area contributed by atoms with Gasteiger partial charge >= 0.3 is 0 Å². The highest BCUT2D eigenvalue weighted by molar-refractivity contribution is 7.89. The third-order valence-electron chi connectivity index (χ3n) is 4.51. The molecule has 8 heteroatoms. The van der Waals surface area contributed by atoms with E-state index in [1.165, 1.54) is 12.1 Å². The number of carbonyl (C=O) groups is 1. The van der Waals surface area contributed by atoms with Gasteiger partial charge in [0.25, 0.3) is 5.91 Å². The van der Waals surface area contributed by atoms with Crippen LogP contribution in [0.5, 0.6) is 0 Å². The van der Waals surface area contributed by atoms with E-state index in [1.54, 1.807) is 24.3 Å². The molecule has 160 valence electrons. The van der Waals surface area contributed by atoms with Gasteiger partial charge in [-0.2, -0.15) is 0 Å². The fourth-order valence-electron chi connectivity index (χ4n) is 2.82. The maximum absolute atomic E-state index is 12.5. The van der Waals surface area contributed by atoms with E-state index in [4.69, 9.17) is 12.2 Å². The molecule has 0 atom stereocenters. The Kier molecular flexibility index (Phi) is 7.51. The van der Waals surface area contributed by atoms with E-state index in [1.807, 2.05) is 49.4 Å². The summed E-state index contributed by atoms with van der Waals surface area (Å²) in [7, 11) is -3.61. The van der Waals surface area contributed by atoms with Gasteiger partial charge in [0.1, 0.15) is 0 Å². The highest BCUT2D eigenvalue weighted by atomic mass is 32.2. The summed E-state index contributed by atoms with van der Waals surface area (Å²) in [5, 5.41) is 5.61. The Morgan fingerprint density at radius 2 is 1.55 bits per heavy atom. The number of benzene rings is 3. The zero-order valence-corrected chi connectivity index (χ0v) is 18.6. The molecule has 0 saturated heterocycles. The molecule has 3 aromatic rings. The van der Waals surface area contributed by atoms with E-state index >= 15 is 0 Å². The third kappa shape index (κ3) is 6.71. The SMILES string of the molecule is Cc1ccc(C(=O)NC(=S)Nc2ccc(S(=O)(=O)NCCc3ccccc3)cc2)cc1. The van der Waals surface area contributed by atoms with Crippen LogP contribution in [0.15, 0.2) is 83.8 Å². The van der Waals surface area contributed by atoms with Crippen molar-refractivity contribution in [3.8, 4) is 0 Å². The largest absolute Gasteiger partial charge is 0.332 e. The Balaban J connectivity index is 1.53. The van der Waals surface area contributed by atoms with E-state index in [2.05, 4.69) is 15.4 Å². The van der Waals surface area contributed by atoms with Crippen LogP contribution in [0, 0.1) is 6.92 Å².